The maximum absolute atomic E-state index is 6.43. The molecule has 158 valence electrons. The number of aromatic nitrogens is 4. The Bertz CT molecular complexity index is 1030. The van der Waals surface area contributed by atoms with Crippen molar-refractivity contribution in [2.24, 2.45) is 0 Å². The molecule has 2 fully saturated rings. The highest BCUT2D eigenvalue weighted by molar-refractivity contribution is 7.99. The van der Waals surface area contributed by atoms with E-state index in [9.17, 15) is 0 Å². The molecule has 4 atom stereocenters. The summed E-state index contributed by atoms with van der Waals surface area (Å²) in [4.78, 5) is 14.0. The molecule has 2 aromatic heterocycles. The number of thioether (sulfide) groups is 1. The summed E-state index contributed by atoms with van der Waals surface area (Å²) in [6, 6.07) is 10.4. The number of anilines is 1. The van der Waals surface area contributed by atoms with Crippen molar-refractivity contribution in [1.29, 1.82) is 0 Å². The Labute approximate surface area is 179 Å². The smallest absolute Gasteiger partial charge is 0.167 e. The highest BCUT2D eigenvalue weighted by Crippen LogP contribution is 2.45. The molecular formula is C21H25N5O3S. The molecule has 8 nitrogen and oxygen atoms in total. The van der Waals surface area contributed by atoms with Gasteiger partial charge >= 0.3 is 0 Å². The Kier molecular flexibility index (Phi) is 5.14. The van der Waals surface area contributed by atoms with Crippen molar-refractivity contribution in [2.75, 3.05) is 11.5 Å². The first-order chi connectivity index (χ1) is 14.5. The molecule has 0 radical (unpaired) electrons. The number of hydrogen-bond donors (Lipinski definition) is 1. The molecule has 30 heavy (non-hydrogen) atoms. The van der Waals surface area contributed by atoms with Crippen molar-refractivity contribution < 1.29 is 14.2 Å². The number of nitrogens with two attached hydrogens (primary N) is 1. The van der Waals surface area contributed by atoms with E-state index in [-0.39, 0.29) is 24.5 Å². The minimum absolute atomic E-state index is 0.0604. The zero-order valence-electron chi connectivity index (χ0n) is 17.0. The Morgan fingerprint density at radius 2 is 1.90 bits per heavy atom. The average Bonchev–Trinajstić information content (AvgIpc) is 3.38. The first kappa shape index (κ1) is 19.7. The second-order valence-electron chi connectivity index (χ2n) is 8.02. The van der Waals surface area contributed by atoms with E-state index < -0.39 is 5.79 Å². The third-order valence-corrected chi connectivity index (χ3v) is 6.53. The Balaban J connectivity index is 1.32. The molecule has 2 aliphatic heterocycles. The van der Waals surface area contributed by atoms with E-state index in [1.807, 2.05) is 36.2 Å². The van der Waals surface area contributed by atoms with E-state index in [0.717, 1.165) is 18.6 Å². The second kappa shape index (κ2) is 7.81. The highest BCUT2D eigenvalue weighted by Gasteiger charge is 2.55. The maximum Gasteiger partial charge on any atom is 0.167 e. The standard InChI is InChI=1S/C21H25N5O3S/c1-21(2)28-16-14(9-6-10-30-13-7-4-3-5-8-13)27-20(17(16)29-21)26-12-25-15-18(22)23-11-24-19(15)26/h3-5,7-8,11-12,14,16-17,20H,6,9-10H2,1-2H3,(H2,22,23,24)/t14-,16-,17-,20-/m1/s1. The van der Waals surface area contributed by atoms with Gasteiger partial charge in [0, 0.05) is 4.90 Å². The molecule has 0 saturated carbocycles. The molecule has 5 rings (SSSR count). The van der Waals surface area contributed by atoms with Gasteiger partial charge in [0.1, 0.15) is 24.1 Å². The second-order valence-corrected chi connectivity index (χ2v) is 9.18. The van der Waals surface area contributed by atoms with Crippen LogP contribution in [-0.4, -0.2) is 49.4 Å². The summed E-state index contributed by atoms with van der Waals surface area (Å²) in [7, 11) is 0. The number of rotatable bonds is 6. The van der Waals surface area contributed by atoms with E-state index in [1.165, 1.54) is 11.2 Å². The number of benzene rings is 1. The minimum atomic E-state index is -0.654. The zero-order valence-corrected chi connectivity index (χ0v) is 17.8. The Morgan fingerprint density at radius 3 is 2.73 bits per heavy atom. The molecule has 0 aliphatic carbocycles. The lowest BCUT2D eigenvalue weighted by Gasteiger charge is -2.24. The van der Waals surface area contributed by atoms with Gasteiger partial charge in [-0.15, -0.1) is 11.8 Å². The number of hydrogen-bond acceptors (Lipinski definition) is 8. The number of imidazole rings is 1. The van der Waals surface area contributed by atoms with Gasteiger partial charge in [-0.2, -0.15) is 0 Å². The fourth-order valence-electron chi connectivity index (χ4n) is 4.16. The van der Waals surface area contributed by atoms with Crippen molar-refractivity contribution >= 4 is 28.7 Å². The predicted molar refractivity (Wildman–Crippen MR) is 114 cm³/mol. The lowest BCUT2D eigenvalue weighted by molar-refractivity contribution is -0.196. The molecule has 2 saturated heterocycles. The van der Waals surface area contributed by atoms with Crippen molar-refractivity contribution in [3.63, 3.8) is 0 Å². The topological polar surface area (TPSA) is 97.3 Å². The molecule has 0 unspecified atom stereocenters. The van der Waals surface area contributed by atoms with Gasteiger partial charge in [0.25, 0.3) is 0 Å². The van der Waals surface area contributed by atoms with Gasteiger partial charge in [-0.05, 0) is 44.6 Å². The molecule has 0 spiro atoms. The fourth-order valence-corrected chi connectivity index (χ4v) is 5.06. The van der Waals surface area contributed by atoms with E-state index in [1.54, 1.807) is 6.33 Å². The number of nitrogens with zero attached hydrogens (tertiary/aromatic N) is 4. The van der Waals surface area contributed by atoms with Gasteiger partial charge in [-0.1, -0.05) is 18.2 Å². The summed E-state index contributed by atoms with van der Waals surface area (Å²) < 4.78 is 20.8. The van der Waals surface area contributed by atoms with Gasteiger partial charge in [0.05, 0.1) is 12.4 Å². The van der Waals surface area contributed by atoms with Crippen LogP contribution in [0.5, 0.6) is 0 Å². The number of ether oxygens (including phenoxy) is 3. The van der Waals surface area contributed by atoms with E-state index in [0.29, 0.717) is 17.0 Å². The van der Waals surface area contributed by atoms with Crippen LogP contribution in [0.1, 0.15) is 32.9 Å². The quantitative estimate of drug-likeness (QED) is 0.472. The highest BCUT2D eigenvalue weighted by atomic mass is 32.2. The Morgan fingerprint density at radius 1 is 1.10 bits per heavy atom. The van der Waals surface area contributed by atoms with Crippen LogP contribution in [0.25, 0.3) is 11.2 Å². The third-order valence-electron chi connectivity index (χ3n) is 5.43. The molecule has 1 aromatic carbocycles. The van der Waals surface area contributed by atoms with Gasteiger partial charge < -0.3 is 19.9 Å². The molecular weight excluding hydrogens is 402 g/mol. The summed E-state index contributed by atoms with van der Waals surface area (Å²) in [5.74, 6) is 0.721. The van der Waals surface area contributed by atoms with Crippen LogP contribution < -0.4 is 5.73 Å². The summed E-state index contributed by atoms with van der Waals surface area (Å²) in [6.07, 6.45) is 4.24. The van der Waals surface area contributed by atoms with Crippen LogP contribution >= 0.6 is 11.8 Å². The van der Waals surface area contributed by atoms with Gasteiger partial charge in [0.15, 0.2) is 23.5 Å². The molecule has 2 N–H and O–H groups in total. The summed E-state index contributed by atoms with van der Waals surface area (Å²) in [5.41, 5.74) is 7.16. The first-order valence-electron chi connectivity index (χ1n) is 10.1. The van der Waals surface area contributed by atoms with Gasteiger partial charge in [0.2, 0.25) is 0 Å². The molecule has 0 bridgehead atoms. The summed E-state index contributed by atoms with van der Waals surface area (Å²) in [5, 5.41) is 0. The molecule has 4 heterocycles. The lowest BCUT2D eigenvalue weighted by Crippen LogP contribution is -2.29. The summed E-state index contributed by atoms with van der Waals surface area (Å²) in [6.45, 7) is 3.88. The Hall–Kier alpha value is -2.20. The van der Waals surface area contributed by atoms with Crippen LogP contribution in [0.3, 0.4) is 0 Å². The summed E-state index contributed by atoms with van der Waals surface area (Å²) >= 11 is 1.86. The van der Waals surface area contributed by atoms with E-state index in [2.05, 4.69) is 39.2 Å². The SMILES string of the molecule is CC1(C)O[C@@H]2[C@H](O1)[C@@H](CCCSc1ccccc1)O[C@H]2n1cnc2c(N)ncnc21. The van der Waals surface area contributed by atoms with Crippen molar-refractivity contribution in [2.45, 2.75) is 61.9 Å². The van der Waals surface area contributed by atoms with Crippen LogP contribution in [0.15, 0.2) is 47.9 Å². The van der Waals surface area contributed by atoms with Crippen molar-refractivity contribution in [1.82, 2.24) is 19.5 Å². The third kappa shape index (κ3) is 3.66. The minimum Gasteiger partial charge on any atom is -0.382 e. The number of nitrogen functional groups attached to an aromatic ring is 1. The predicted octanol–water partition coefficient (Wildman–Crippen LogP) is 3.40. The van der Waals surface area contributed by atoms with Crippen LogP contribution in [-0.2, 0) is 14.2 Å². The molecule has 2 aliphatic rings. The molecule has 0 amide bonds. The maximum atomic E-state index is 6.43. The average molecular weight is 428 g/mol. The van der Waals surface area contributed by atoms with E-state index in [4.69, 9.17) is 19.9 Å². The fraction of sp³-hybridized carbons (Fsp3) is 0.476. The lowest BCUT2D eigenvalue weighted by atomic mass is 10.1. The normalized spacial score (nSPS) is 27.5. The monoisotopic (exact) mass is 427 g/mol. The van der Waals surface area contributed by atoms with Crippen LogP contribution in [0, 0.1) is 0 Å². The van der Waals surface area contributed by atoms with Crippen LogP contribution in [0.4, 0.5) is 5.82 Å². The van der Waals surface area contributed by atoms with E-state index >= 15 is 0 Å². The van der Waals surface area contributed by atoms with Crippen molar-refractivity contribution in [3.8, 4) is 0 Å². The van der Waals surface area contributed by atoms with Gasteiger partial charge in [-0.25, -0.2) is 15.0 Å². The number of fused-ring (bicyclic) bond motifs is 2. The van der Waals surface area contributed by atoms with Crippen molar-refractivity contribution in [3.05, 3.63) is 43.0 Å². The molecule has 9 heteroatoms. The zero-order chi connectivity index (χ0) is 20.7. The first-order valence-corrected chi connectivity index (χ1v) is 11.1. The largest absolute Gasteiger partial charge is 0.382 e. The van der Waals surface area contributed by atoms with Gasteiger partial charge in [-0.3, -0.25) is 4.57 Å². The van der Waals surface area contributed by atoms with Crippen LogP contribution in [0.2, 0.25) is 0 Å². The molecule has 3 aromatic rings.